The third-order valence-corrected chi connectivity index (χ3v) is 3.82. The topological polar surface area (TPSA) is 43.1 Å². The predicted octanol–water partition coefficient (Wildman–Crippen LogP) is 5.88. The normalized spacial score (nSPS) is 10.5. The average molecular weight is 337 g/mol. The van der Waals surface area contributed by atoms with Crippen molar-refractivity contribution in [2.45, 2.75) is 0 Å². The van der Waals surface area contributed by atoms with Crippen molar-refractivity contribution in [1.29, 1.82) is 0 Å². The first-order valence-corrected chi connectivity index (χ1v) is 6.51. The molecule has 0 spiro atoms. The van der Waals surface area contributed by atoms with E-state index in [-0.39, 0.29) is 31.3 Å². The van der Waals surface area contributed by atoms with E-state index in [9.17, 15) is 10.1 Å². The lowest BCUT2D eigenvalue weighted by molar-refractivity contribution is -0.384. The number of hydrogen-bond donors (Lipinski definition) is 0. The van der Waals surface area contributed by atoms with Gasteiger partial charge in [-0.2, -0.15) is 0 Å². The second-order valence-electron chi connectivity index (χ2n) is 3.64. The predicted molar refractivity (Wildman–Crippen MR) is 78.6 cm³/mol. The summed E-state index contributed by atoms with van der Waals surface area (Å²) in [6.45, 7) is 0. The van der Waals surface area contributed by atoms with Crippen LogP contribution in [-0.2, 0) is 0 Å². The standard InChI is InChI=1S/C12H5Cl4NO2/c13-6-1-2-7(10(5-6)17(18)19)11-8(14)3-4-9(15)12(11)16/h1-5H. The smallest absolute Gasteiger partial charge is 0.258 e. The third kappa shape index (κ3) is 2.79. The van der Waals surface area contributed by atoms with E-state index >= 15 is 0 Å². The zero-order valence-electron chi connectivity index (χ0n) is 9.16. The van der Waals surface area contributed by atoms with Crippen LogP contribution in [0.15, 0.2) is 30.3 Å². The minimum Gasteiger partial charge on any atom is -0.258 e. The van der Waals surface area contributed by atoms with Gasteiger partial charge in [-0.3, -0.25) is 10.1 Å². The van der Waals surface area contributed by atoms with Crippen LogP contribution in [-0.4, -0.2) is 4.92 Å². The average Bonchev–Trinajstić information content (AvgIpc) is 2.36. The first-order valence-electron chi connectivity index (χ1n) is 4.99. The Bertz CT molecular complexity index is 673. The van der Waals surface area contributed by atoms with E-state index in [4.69, 9.17) is 46.4 Å². The Balaban J connectivity index is 2.79. The second kappa shape index (κ2) is 5.55. The van der Waals surface area contributed by atoms with Gasteiger partial charge in [-0.1, -0.05) is 46.4 Å². The van der Waals surface area contributed by atoms with Gasteiger partial charge in [0.1, 0.15) is 0 Å². The van der Waals surface area contributed by atoms with Gasteiger partial charge in [-0.05, 0) is 24.3 Å². The van der Waals surface area contributed by atoms with E-state index < -0.39 is 4.92 Å². The summed E-state index contributed by atoms with van der Waals surface area (Å²) < 4.78 is 0. The summed E-state index contributed by atoms with van der Waals surface area (Å²) in [5.41, 5.74) is 0.407. The fourth-order valence-electron chi connectivity index (χ4n) is 1.64. The zero-order chi connectivity index (χ0) is 14.2. The molecular formula is C12H5Cl4NO2. The molecule has 0 aromatic heterocycles. The molecule has 2 rings (SSSR count). The van der Waals surface area contributed by atoms with Gasteiger partial charge in [0.2, 0.25) is 0 Å². The molecule has 2 aromatic rings. The van der Waals surface area contributed by atoms with Crippen LogP contribution in [0.2, 0.25) is 20.1 Å². The molecule has 0 aliphatic rings. The van der Waals surface area contributed by atoms with E-state index in [0.717, 1.165) is 0 Å². The fraction of sp³-hybridized carbons (Fsp3) is 0. The van der Waals surface area contributed by atoms with Gasteiger partial charge >= 0.3 is 0 Å². The summed E-state index contributed by atoms with van der Waals surface area (Å²) in [6.07, 6.45) is 0. The van der Waals surface area contributed by atoms with E-state index in [1.165, 1.54) is 30.3 Å². The quantitative estimate of drug-likeness (QED) is 0.390. The number of nitrogens with zero attached hydrogens (tertiary/aromatic N) is 1. The Labute approximate surface area is 128 Å². The van der Waals surface area contributed by atoms with E-state index in [1.54, 1.807) is 0 Å². The van der Waals surface area contributed by atoms with Crippen molar-refractivity contribution < 1.29 is 4.92 Å². The maximum atomic E-state index is 11.1. The van der Waals surface area contributed by atoms with Gasteiger partial charge in [-0.15, -0.1) is 0 Å². The SMILES string of the molecule is O=[N+]([O-])c1cc(Cl)ccc1-c1c(Cl)ccc(Cl)c1Cl. The molecule has 0 N–H and O–H groups in total. The highest BCUT2D eigenvalue weighted by atomic mass is 35.5. The van der Waals surface area contributed by atoms with Gasteiger partial charge in [0, 0.05) is 16.7 Å². The van der Waals surface area contributed by atoms with Gasteiger partial charge in [0.05, 0.1) is 25.6 Å². The van der Waals surface area contributed by atoms with Crippen molar-refractivity contribution in [1.82, 2.24) is 0 Å². The van der Waals surface area contributed by atoms with Crippen molar-refractivity contribution in [3.05, 3.63) is 60.5 Å². The van der Waals surface area contributed by atoms with E-state index in [1.807, 2.05) is 0 Å². The molecule has 0 aliphatic carbocycles. The van der Waals surface area contributed by atoms with Crippen LogP contribution < -0.4 is 0 Å². The lowest BCUT2D eigenvalue weighted by Gasteiger charge is -2.09. The summed E-state index contributed by atoms with van der Waals surface area (Å²) in [5.74, 6) is 0. The summed E-state index contributed by atoms with van der Waals surface area (Å²) >= 11 is 23.8. The highest BCUT2D eigenvalue weighted by Gasteiger charge is 2.21. The molecule has 98 valence electrons. The summed E-state index contributed by atoms with van der Waals surface area (Å²) in [6, 6.07) is 7.31. The zero-order valence-corrected chi connectivity index (χ0v) is 12.2. The number of nitro benzene ring substituents is 1. The molecule has 0 radical (unpaired) electrons. The van der Waals surface area contributed by atoms with Crippen molar-refractivity contribution in [2.75, 3.05) is 0 Å². The van der Waals surface area contributed by atoms with Crippen LogP contribution in [0, 0.1) is 10.1 Å². The molecule has 7 heteroatoms. The molecule has 2 aromatic carbocycles. The number of nitro groups is 1. The molecule has 0 bridgehead atoms. The van der Waals surface area contributed by atoms with Gasteiger partial charge < -0.3 is 0 Å². The van der Waals surface area contributed by atoms with Gasteiger partial charge in [0.25, 0.3) is 5.69 Å². The fourth-order valence-corrected chi connectivity index (χ4v) is 2.54. The highest BCUT2D eigenvalue weighted by molar-refractivity contribution is 6.46. The molecular weight excluding hydrogens is 332 g/mol. The molecule has 0 unspecified atom stereocenters. The van der Waals surface area contributed by atoms with Crippen LogP contribution in [0.4, 0.5) is 5.69 Å². The largest absolute Gasteiger partial charge is 0.278 e. The van der Waals surface area contributed by atoms with Crippen molar-refractivity contribution in [2.24, 2.45) is 0 Å². The highest BCUT2D eigenvalue weighted by Crippen LogP contribution is 2.43. The molecule has 0 aliphatic heterocycles. The van der Waals surface area contributed by atoms with Crippen LogP contribution in [0.1, 0.15) is 0 Å². The summed E-state index contributed by atoms with van der Waals surface area (Å²) in [7, 11) is 0. The van der Waals surface area contributed by atoms with Gasteiger partial charge in [0.15, 0.2) is 0 Å². The van der Waals surface area contributed by atoms with Gasteiger partial charge in [-0.25, -0.2) is 0 Å². The lowest BCUT2D eigenvalue weighted by Crippen LogP contribution is -1.93. The molecule has 3 nitrogen and oxygen atoms in total. The number of halogens is 4. The number of rotatable bonds is 2. The Morgan fingerprint density at radius 2 is 1.58 bits per heavy atom. The van der Waals surface area contributed by atoms with Crippen LogP contribution >= 0.6 is 46.4 Å². The minimum atomic E-state index is -0.547. The maximum absolute atomic E-state index is 11.1. The van der Waals surface area contributed by atoms with E-state index in [2.05, 4.69) is 0 Å². The van der Waals surface area contributed by atoms with Crippen LogP contribution in [0.5, 0.6) is 0 Å². The van der Waals surface area contributed by atoms with Crippen molar-refractivity contribution >= 4 is 52.1 Å². The van der Waals surface area contributed by atoms with E-state index in [0.29, 0.717) is 5.56 Å². The molecule has 0 saturated carbocycles. The van der Waals surface area contributed by atoms with Crippen LogP contribution in [0.3, 0.4) is 0 Å². The summed E-state index contributed by atoms with van der Waals surface area (Å²) in [5, 5.41) is 12.0. The molecule has 19 heavy (non-hydrogen) atoms. The maximum Gasteiger partial charge on any atom is 0.278 e. The Hall–Kier alpha value is -1.000. The Morgan fingerprint density at radius 3 is 2.21 bits per heavy atom. The molecule has 0 atom stereocenters. The number of hydrogen-bond acceptors (Lipinski definition) is 2. The minimum absolute atomic E-state index is 0.166. The number of benzene rings is 2. The summed E-state index contributed by atoms with van der Waals surface area (Å²) in [4.78, 5) is 10.5. The van der Waals surface area contributed by atoms with Crippen molar-refractivity contribution in [3.63, 3.8) is 0 Å². The molecule has 0 fully saturated rings. The Morgan fingerprint density at radius 1 is 0.947 bits per heavy atom. The molecule has 0 amide bonds. The van der Waals surface area contributed by atoms with Crippen molar-refractivity contribution in [3.8, 4) is 11.1 Å². The molecule has 0 saturated heterocycles. The molecule has 0 heterocycles. The monoisotopic (exact) mass is 335 g/mol. The lowest BCUT2D eigenvalue weighted by atomic mass is 10.0. The van der Waals surface area contributed by atoms with Crippen LogP contribution in [0.25, 0.3) is 11.1 Å². The Kier molecular flexibility index (Phi) is 4.21. The second-order valence-corrected chi connectivity index (χ2v) is 5.27. The first kappa shape index (κ1) is 14.4. The first-order chi connectivity index (χ1) is 8.91. The third-order valence-electron chi connectivity index (χ3n) is 2.47.